The third kappa shape index (κ3) is 7.78. The number of aliphatic imine (C=N–C) groups is 1. The minimum Gasteiger partial charge on any atom is -0.390 e. The molecule has 1 saturated heterocycles. The van der Waals surface area contributed by atoms with Crippen LogP contribution in [0, 0.1) is 11.8 Å². The highest BCUT2D eigenvalue weighted by atomic mass is 32.2. The highest BCUT2D eigenvalue weighted by Crippen LogP contribution is 2.37. The molecule has 2 fully saturated rings. The molecule has 1 unspecified atom stereocenters. The van der Waals surface area contributed by atoms with Crippen molar-refractivity contribution in [2.45, 2.75) is 89.5 Å². The van der Waals surface area contributed by atoms with E-state index in [1.165, 1.54) is 76.4 Å². The monoisotopic (exact) mass is 424 g/mol. The first-order valence-corrected chi connectivity index (χ1v) is 12.8. The van der Waals surface area contributed by atoms with Crippen LogP contribution in [0.25, 0.3) is 0 Å². The lowest BCUT2D eigenvalue weighted by Gasteiger charge is -2.39. The molecule has 0 spiro atoms. The van der Waals surface area contributed by atoms with Gasteiger partial charge in [0.15, 0.2) is 0 Å². The Kier molecular flexibility index (Phi) is 10.9. The lowest BCUT2D eigenvalue weighted by Crippen LogP contribution is -2.48. The second kappa shape index (κ2) is 12.8. The number of rotatable bonds is 11. The lowest BCUT2D eigenvalue weighted by molar-refractivity contribution is -0.135. The van der Waals surface area contributed by atoms with Crippen LogP contribution in [-0.2, 0) is 4.79 Å². The number of nitrogens with two attached hydrogens (primary N) is 1. The minimum absolute atomic E-state index is 0.130. The largest absolute Gasteiger partial charge is 0.390 e. The third-order valence-electron chi connectivity index (χ3n) is 6.70. The van der Waals surface area contributed by atoms with Crippen molar-refractivity contribution in [1.82, 2.24) is 9.21 Å². The average molecular weight is 425 g/mol. The van der Waals surface area contributed by atoms with Gasteiger partial charge in [0.25, 0.3) is 0 Å². The summed E-state index contributed by atoms with van der Waals surface area (Å²) in [5.41, 5.74) is 5.11. The first-order chi connectivity index (χ1) is 14.0. The maximum atomic E-state index is 13.3. The summed E-state index contributed by atoms with van der Waals surface area (Å²) in [5.74, 6) is 2.59. The molecule has 0 aromatic heterocycles. The fourth-order valence-corrected chi connectivity index (χ4v) is 6.32. The second-order valence-electron chi connectivity index (χ2n) is 9.34. The Labute approximate surface area is 183 Å². The van der Waals surface area contributed by atoms with Gasteiger partial charge in [-0.25, -0.2) is 0 Å². The van der Waals surface area contributed by atoms with Gasteiger partial charge in [0.2, 0.25) is 5.91 Å². The number of piperidine rings is 1. The van der Waals surface area contributed by atoms with Gasteiger partial charge in [0.1, 0.15) is 5.54 Å². The van der Waals surface area contributed by atoms with Gasteiger partial charge >= 0.3 is 0 Å². The summed E-state index contributed by atoms with van der Waals surface area (Å²) in [6.07, 6.45) is 15.7. The summed E-state index contributed by atoms with van der Waals surface area (Å²) < 4.78 is 2.53. The van der Waals surface area contributed by atoms with E-state index < -0.39 is 5.54 Å². The number of unbranched alkanes of at least 4 members (excludes halogenated alkanes) is 1. The number of likely N-dealkylation sites (N-methyl/N-ethyl adjacent to an activating group) is 1. The number of nitrogens with zero attached hydrogens (tertiary/aromatic N) is 3. The van der Waals surface area contributed by atoms with E-state index in [1.54, 1.807) is 4.90 Å². The van der Waals surface area contributed by atoms with E-state index in [2.05, 4.69) is 11.2 Å². The summed E-state index contributed by atoms with van der Waals surface area (Å²) in [5, 5.41) is 0. The molecular formula is C23H44N4OS. The number of carbonyl (C=O) groups excluding carboxylic acids is 1. The molecule has 0 radical (unpaired) electrons. The van der Waals surface area contributed by atoms with Crippen molar-refractivity contribution in [2.75, 3.05) is 32.9 Å². The number of carbonyl (C=O) groups is 1. The van der Waals surface area contributed by atoms with Crippen molar-refractivity contribution in [3.8, 4) is 0 Å². The van der Waals surface area contributed by atoms with Gasteiger partial charge in [-0.1, -0.05) is 57.4 Å². The van der Waals surface area contributed by atoms with Crippen LogP contribution in [0.3, 0.4) is 0 Å². The zero-order valence-corrected chi connectivity index (χ0v) is 19.9. The molecule has 1 saturated carbocycles. The Morgan fingerprint density at radius 2 is 1.93 bits per heavy atom. The quantitative estimate of drug-likeness (QED) is 0.226. The second-order valence-corrected chi connectivity index (χ2v) is 10.5. The van der Waals surface area contributed by atoms with Crippen LogP contribution in [0.15, 0.2) is 4.99 Å². The summed E-state index contributed by atoms with van der Waals surface area (Å²) >= 11 is 1.99. The van der Waals surface area contributed by atoms with Crippen LogP contribution >= 0.6 is 11.9 Å². The van der Waals surface area contributed by atoms with Crippen LogP contribution in [0.5, 0.6) is 0 Å². The van der Waals surface area contributed by atoms with E-state index in [0.717, 1.165) is 31.7 Å². The topological polar surface area (TPSA) is 61.9 Å². The molecule has 1 amide bonds. The molecule has 0 aromatic carbocycles. The lowest BCUT2D eigenvalue weighted by atomic mass is 9.76. The molecule has 1 aliphatic carbocycles. The highest BCUT2D eigenvalue weighted by Gasteiger charge is 2.42. The summed E-state index contributed by atoms with van der Waals surface area (Å²) in [6.45, 7) is 4.49. The van der Waals surface area contributed by atoms with E-state index in [0.29, 0.717) is 5.92 Å². The Morgan fingerprint density at radius 3 is 2.59 bits per heavy atom. The minimum atomic E-state index is -0.683. The normalized spacial score (nSPS) is 23.9. The number of hydrogen-bond donors (Lipinski definition) is 1. The van der Waals surface area contributed by atoms with Crippen molar-refractivity contribution in [2.24, 2.45) is 22.6 Å². The third-order valence-corrected chi connectivity index (χ3v) is 7.86. The van der Waals surface area contributed by atoms with Crippen molar-refractivity contribution in [1.29, 1.82) is 0 Å². The van der Waals surface area contributed by atoms with Gasteiger partial charge < -0.3 is 10.6 Å². The highest BCUT2D eigenvalue weighted by molar-refractivity contribution is 7.97. The Hall–Kier alpha value is -0.750. The van der Waals surface area contributed by atoms with E-state index >= 15 is 0 Å². The predicted molar refractivity (Wildman–Crippen MR) is 126 cm³/mol. The van der Waals surface area contributed by atoms with Crippen LogP contribution in [0.1, 0.15) is 84.0 Å². The van der Waals surface area contributed by atoms with Crippen molar-refractivity contribution < 1.29 is 4.79 Å². The predicted octanol–water partition coefficient (Wildman–Crippen LogP) is 4.71. The Bertz CT molecular complexity index is 507. The molecule has 0 aromatic rings. The van der Waals surface area contributed by atoms with Gasteiger partial charge in [-0.2, -0.15) is 0 Å². The van der Waals surface area contributed by atoms with E-state index in [9.17, 15) is 4.79 Å². The van der Waals surface area contributed by atoms with Crippen LogP contribution in [-0.4, -0.2) is 59.9 Å². The van der Waals surface area contributed by atoms with Gasteiger partial charge in [-0.3, -0.25) is 14.1 Å². The van der Waals surface area contributed by atoms with Crippen molar-refractivity contribution in [3.63, 3.8) is 0 Å². The Balaban J connectivity index is 2.07. The molecule has 2 atom stereocenters. The molecule has 1 aliphatic heterocycles. The van der Waals surface area contributed by atoms with Gasteiger partial charge in [0.05, 0.1) is 6.34 Å². The maximum Gasteiger partial charge on any atom is 0.250 e. The molecule has 168 valence electrons. The molecule has 2 rings (SSSR count). The van der Waals surface area contributed by atoms with Gasteiger partial charge in [0, 0.05) is 32.9 Å². The van der Waals surface area contributed by atoms with Crippen molar-refractivity contribution >= 4 is 24.2 Å². The molecule has 29 heavy (non-hydrogen) atoms. The molecule has 2 aliphatic rings. The molecule has 6 heteroatoms. The summed E-state index contributed by atoms with van der Waals surface area (Å²) in [7, 11) is 3.72. The maximum absolute atomic E-state index is 13.3. The molecule has 2 N–H and O–H groups in total. The van der Waals surface area contributed by atoms with Crippen LogP contribution in [0.4, 0.5) is 0 Å². The Morgan fingerprint density at radius 1 is 1.21 bits per heavy atom. The summed E-state index contributed by atoms with van der Waals surface area (Å²) in [6, 6.07) is 0. The SMILES string of the molecule is CCCCSN1CCCC(C[C@@](CCC2CCCCC2)(N=CN)C(=O)N(C)C)C1. The van der Waals surface area contributed by atoms with Crippen molar-refractivity contribution in [3.05, 3.63) is 0 Å². The first kappa shape index (κ1) is 24.5. The number of amides is 1. The van der Waals surface area contributed by atoms with Gasteiger partial charge in [-0.15, -0.1) is 0 Å². The van der Waals surface area contributed by atoms with E-state index in [4.69, 9.17) is 10.7 Å². The van der Waals surface area contributed by atoms with Crippen LogP contribution < -0.4 is 5.73 Å². The van der Waals surface area contributed by atoms with Crippen LogP contribution in [0.2, 0.25) is 0 Å². The molecule has 0 bridgehead atoms. The zero-order chi connectivity index (χ0) is 21.1. The zero-order valence-electron chi connectivity index (χ0n) is 19.1. The van der Waals surface area contributed by atoms with E-state index in [-0.39, 0.29) is 5.91 Å². The fraction of sp³-hybridized carbons (Fsp3) is 0.913. The molecule has 1 heterocycles. The smallest absolute Gasteiger partial charge is 0.250 e. The molecular weight excluding hydrogens is 380 g/mol. The first-order valence-electron chi connectivity index (χ1n) is 11.9. The number of hydrogen-bond acceptors (Lipinski definition) is 4. The molecule has 5 nitrogen and oxygen atoms in total. The standard InChI is InChI=1S/C23H44N4OS/c1-4-5-16-29-27-15-9-12-21(18-27)17-23(25-19-24,22(28)26(2)3)14-13-20-10-7-6-8-11-20/h19-21H,4-18H2,1-3H3,(H2,24,25)/t21?,23-/m1/s1. The van der Waals surface area contributed by atoms with Gasteiger partial charge in [-0.05, 0) is 50.4 Å². The summed E-state index contributed by atoms with van der Waals surface area (Å²) in [4.78, 5) is 19.8. The average Bonchev–Trinajstić information content (AvgIpc) is 2.73. The van der Waals surface area contributed by atoms with E-state index in [1.807, 2.05) is 26.0 Å². The fourth-order valence-electron chi connectivity index (χ4n) is 5.07.